The summed E-state index contributed by atoms with van der Waals surface area (Å²) in [6, 6.07) is 10.0. The van der Waals surface area contributed by atoms with Gasteiger partial charge < -0.3 is 4.74 Å². The molecule has 1 fully saturated rings. The summed E-state index contributed by atoms with van der Waals surface area (Å²) in [6.45, 7) is 0. The SMILES string of the molecule is COc1cnn(C)c1C(=O)C1(c2ccccc2)CCC1. The van der Waals surface area contributed by atoms with E-state index in [0.29, 0.717) is 11.4 Å². The molecule has 4 nitrogen and oxygen atoms in total. The summed E-state index contributed by atoms with van der Waals surface area (Å²) in [5, 5.41) is 4.14. The molecule has 3 rings (SSSR count). The maximum atomic E-state index is 13.1. The van der Waals surface area contributed by atoms with Crippen molar-refractivity contribution >= 4 is 5.78 Å². The molecule has 0 saturated heterocycles. The van der Waals surface area contributed by atoms with Crippen LogP contribution in [0.5, 0.6) is 5.75 Å². The number of benzene rings is 1. The Bertz CT molecular complexity index is 627. The summed E-state index contributed by atoms with van der Waals surface area (Å²) in [7, 11) is 3.36. The van der Waals surface area contributed by atoms with Crippen LogP contribution >= 0.6 is 0 Å². The van der Waals surface area contributed by atoms with Gasteiger partial charge in [-0.2, -0.15) is 5.10 Å². The Kier molecular flexibility index (Phi) is 3.08. The Morgan fingerprint density at radius 1 is 1.30 bits per heavy atom. The minimum Gasteiger partial charge on any atom is -0.493 e. The van der Waals surface area contributed by atoms with Crippen LogP contribution in [-0.2, 0) is 12.5 Å². The maximum absolute atomic E-state index is 13.1. The van der Waals surface area contributed by atoms with E-state index in [1.54, 1.807) is 25.0 Å². The van der Waals surface area contributed by atoms with Crippen LogP contribution in [0.1, 0.15) is 35.3 Å². The van der Waals surface area contributed by atoms with Crippen molar-refractivity contribution in [3.63, 3.8) is 0 Å². The summed E-state index contributed by atoms with van der Waals surface area (Å²) in [4.78, 5) is 13.1. The Hall–Kier alpha value is -2.10. The Balaban J connectivity index is 2.06. The zero-order valence-electron chi connectivity index (χ0n) is 11.8. The Morgan fingerprint density at radius 2 is 2.00 bits per heavy atom. The minimum atomic E-state index is -0.400. The minimum absolute atomic E-state index is 0.117. The number of hydrogen-bond acceptors (Lipinski definition) is 3. The van der Waals surface area contributed by atoms with E-state index in [-0.39, 0.29) is 5.78 Å². The molecule has 20 heavy (non-hydrogen) atoms. The third kappa shape index (κ3) is 1.75. The predicted octanol–water partition coefficient (Wildman–Crippen LogP) is 2.73. The molecule has 0 atom stereocenters. The molecule has 0 aliphatic heterocycles. The molecule has 1 heterocycles. The molecule has 0 radical (unpaired) electrons. The topological polar surface area (TPSA) is 44.1 Å². The predicted molar refractivity (Wildman–Crippen MR) is 76.1 cm³/mol. The van der Waals surface area contributed by atoms with Crippen molar-refractivity contribution in [1.29, 1.82) is 0 Å². The summed E-state index contributed by atoms with van der Waals surface area (Å²) in [5.74, 6) is 0.673. The standard InChI is InChI=1S/C16H18N2O2/c1-18-14(13(20-2)11-17-18)15(19)16(9-6-10-16)12-7-4-3-5-8-12/h3-5,7-8,11H,6,9-10H2,1-2H3. The van der Waals surface area contributed by atoms with Crippen LogP contribution < -0.4 is 4.74 Å². The fourth-order valence-corrected chi connectivity index (χ4v) is 2.99. The lowest BCUT2D eigenvalue weighted by Crippen LogP contribution is -2.43. The molecule has 1 aliphatic carbocycles. The van der Waals surface area contributed by atoms with E-state index in [9.17, 15) is 4.79 Å². The monoisotopic (exact) mass is 270 g/mol. The first-order chi connectivity index (χ1) is 9.69. The van der Waals surface area contributed by atoms with Gasteiger partial charge in [-0.25, -0.2) is 0 Å². The Morgan fingerprint density at radius 3 is 2.55 bits per heavy atom. The maximum Gasteiger partial charge on any atom is 0.195 e. The highest BCUT2D eigenvalue weighted by Gasteiger charge is 2.47. The first-order valence-corrected chi connectivity index (χ1v) is 6.85. The van der Waals surface area contributed by atoms with E-state index in [4.69, 9.17) is 4.74 Å². The molecule has 0 unspecified atom stereocenters. The second-order valence-corrected chi connectivity index (χ2v) is 5.32. The van der Waals surface area contributed by atoms with Gasteiger partial charge in [0.1, 0.15) is 5.69 Å². The van der Waals surface area contributed by atoms with Gasteiger partial charge in [0.05, 0.1) is 18.7 Å². The number of methoxy groups -OCH3 is 1. The number of hydrogen-bond donors (Lipinski definition) is 0. The summed E-state index contributed by atoms with van der Waals surface area (Å²) in [6.07, 6.45) is 4.47. The lowest BCUT2D eigenvalue weighted by molar-refractivity contribution is 0.0775. The van der Waals surface area contributed by atoms with Crippen molar-refractivity contribution in [3.05, 3.63) is 47.8 Å². The number of carbonyl (C=O) groups excluding carboxylic acids is 1. The highest BCUT2D eigenvalue weighted by Crippen LogP contribution is 2.46. The van der Waals surface area contributed by atoms with Crippen LogP contribution in [0.2, 0.25) is 0 Å². The zero-order chi connectivity index (χ0) is 14.2. The molecule has 0 bridgehead atoms. The summed E-state index contributed by atoms with van der Waals surface area (Å²) >= 11 is 0. The molecule has 1 aliphatic rings. The highest BCUT2D eigenvalue weighted by atomic mass is 16.5. The number of ketones is 1. The molecule has 1 saturated carbocycles. The number of nitrogens with zero attached hydrogens (tertiary/aromatic N) is 2. The van der Waals surface area contributed by atoms with Gasteiger partial charge in [0.15, 0.2) is 11.5 Å². The molecular weight excluding hydrogens is 252 g/mol. The number of carbonyl (C=O) groups is 1. The molecule has 2 aromatic rings. The zero-order valence-corrected chi connectivity index (χ0v) is 11.8. The van der Waals surface area contributed by atoms with E-state index >= 15 is 0 Å². The third-order valence-corrected chi connectivity index (χ3v) is 4.31. The van der Waals surface area contributed by atoms with Crippen molar-refractivity contribution < 1.29 is 9.53 Å². The Labute approximate surface area is 118 Å². The lowest BCUT2D eigenvalue weighted by Gasteiger charge is -2.40. The van der Waals surface area contributed by atoms with E-state index in [2.05, 4.69) is 5.10 Å². The average molecular weight is 270 g/mol. The van der Waals surface area contributed by atoms with Crippen LogP contribution in [0.25, 0.3) is 0 Å². The fraction of sp³-hybridized carbons (Fsp3) is 0.375. The van der Waals surface area contributed by atoms with Crippen LogP contribution in [0.3, 0.4) is 0 Å². The normalized spacial score (nSPS) is 16.5. The summed E-state index contributed by atoms with van der Waals surface area (Å²) < 4.78 is 6.90. The number of rotatable bonds is 4. The van der Waals surface area contributed by atoms with Gasteiger partial charge in [-0.3, -0.25) is 9.48 Å². The van der Waals surface area contributed by atoms with Gasteiger partial charge in [-0.15, -0.1) is 0 Å². The fourth-order valence-electron chi connectivity index (χ4n) is 2.99. The van der Waals surface area contributed by atoms with Gasteiger partial charge in [-0.1, -0.05) is 36.8 Å². The van der Waals surface area contributed by atoms with Crippen molar-refractivity contribution in [2.24, 2.45) is 7.05 Å². The van der Waals surface area contributed by atoms with Crippen molar-refractivity contribution in [3.8, 4) is 5.75 Å². The largest absolute Gasteiger partial charge is 0.493 e. The molecule has 0 spiro atoms. The van der Waals surface area contributed by atoms with Gasteiger partial charge in [0.25, 0.3) is 0 Å². The first-order valence-electron chi connectivity index (χ1n) is 6.85. The van der Waals surface area contributed by atoms with Crippen molar-refractivity contribution in [2.75, 3.05) is 7.11 Å². The molecule has 1 aromatic carbocycles. The second kappa shape index (κ2) is 4.78. The van der Waals surface area contributed by atoms with Crippen molar-refractivity contribution in [1.82, 2.24) is 9.78 Å². The van der Waals surface area contributed by atoms with E-state index < -0.39 is 5.41 Å². The van der Waals surface area contributed by atoms with Gasteiger partial charge in [-0.05, 0) is 18.4 Å². The smallest absolute Gasteiger partial charge is 0.195 e. The molecule has 104 valence electrons. The van der Waals surface area contributed by atoms with E-state index in [1.165, 1.54) is 0 Å². The van der Waals surface area contributed by atoms with E-state index in [0.717, 1.165) is 24.8 Å². The quantitative estimate of drug-likeness (QED) is 0.802. The number of aryl methyl sites for hydroxylation is 1. The number of ether oxygens (including phenoxy) is 1. The van der Waals surface area contributed by atoms with Crippen LogP contribution in [-0.4, -0.2) is 22.7 Å². The third-order valence-electron chi connectivity index (χ3n) is 4.31. The second-order valence-electron chi connectivity index (χ2n) is 5.32. The molecule has 0 N–H and O–H groups in total. The van der Waals surface area contributed by atoms with Crippen LogP contribution in [0, 0.1) is 0 Å². The van der Waals surface area contributed by atoms with Crippen LogP contribution in [0.15, 0.2) is 36.5 Å². The molecule has 1 aromatic heterocycles. The number of aromatic nitrogens is 2. The van der Waals surface area contributed by atoms with E-state index in [1.807, 2.05) is 30.3 Å². The highest BCUT2D eigenvalue weighted by molar-refractivity contribution is 6.05. The molecule has 0 amide bonds. The lowest BCUT2D eigenvalue weighted by atomic mass is 9.61. The molecular formula is C16H18N2O2. The van der Waals surface area contributed by atoms with Gasteiger partial charge >= 0.3 is 0 Å². The summed E-state index contributed by atoms with van der Waals surface area (Å²) in [5.41, 5.74) is 1.26. The number of Topliss-reactive ketones (excluding diaryl/α,β-unsaturated/α-hetero) is 1. The first kappa shape index (κ1) is 12.9. The van der Waals surface area contributed by atoms with Crippen molar-refractivity contribution in [2.45, 2.75) is 24.7 Å². The van der Waals surface area contributed by atoms with Gasteiger partial charge in [0, 0.05) is 7.05 Å². The average Bonchev–Trinajstić information content (AvgIpc) is 2.79. The molecule has 4 heteroatoms. The van der Waals surface area contributed by atoms with Crippen LogP contribution in [0.4, 0.5) is 0 Å². The van der Waals surface area contributed by atoms with Gasteiger partial charge in [0.2, 0.25) is 0 Å².